The summed E-state index contributed by atoms with van der Waals surface area (Å²) in [5, 5.41) is 2.84. The number of carbonyl (C=O) groups is 3. The van der Waals surface area contributed by atoms with Crippen molar-refractivity contribution in [1.29, 1.82) is 0 Å². The van der Waals surface area contributed by atoms with E-state index in [1.807, 2.05) is 0 Å². The van der Waals surface area contributed by atoms with E-state index in [2.05, 4.69) is 10.1 Å². The molecule has 0 aliphatic carbocycles. The molecule has 2 aromatic carbocycles. The summed E-state index contributed by atoms with van der Waals surface area (Å²) < 4.78 is 9.99. The fourth-order valence-electron chi connectivity index (χ4n) is 2.19. The van der Waals surface area contributed by atoms with Gasteiger partial charge in [-0.05, 0) is 36.4 Å². The highest BCUT2D eigenvalue weighted by molar-refractivity contribution is 6.32. The van der Waals surface area contributed by atoms with E-state index in [0.717, 1.165) is 0 Å². The first-order valence-electron chi connectivity index (χ1n) is 7.94. The zero-order valence-electron chi connectivity index (χ0n) is 15.1. The molecule has 2 aromatic rings. The number of benzene rings is 2. The van der Waals surface area contributed by atoms with Gasteiger partial charge >= 0.3 is 5.97 Å². The second-order valence-electron chi connectivity index (χ2n) is 5.75. The predicted molar refractivity (Wildman–Crippen MR) is 101 cm³/mol. The third-order valence-electron chi connectivity index (χ3n) is 3.51. The van der Waals surface area contributed by atoms with Gasteiger partial charge in [-0.2, -0.15) is 0 Å². The number of carbonyl (C=O) groups excluding carboxylic acids is 3. The van der Waals surface area contributed by atoms with Crippen LogP contribution in [0.1, 0.15) is 20.7 Å². The standard InChI is InChI=1S/C19H19ClN2O5/c1-22(2)18(24)12-5-4-6-14(9-12)21-17(23)11-27-16-8-7-13(10-15(16)20)19(25)26-3/h4-10H,11H2,1-3H3,(H,21,23). The number of nitrogens with one attached hydrogen (secondary N) is 1. The summed E-state index contributed by atoms with van der Waals surface area (Å²) in [5.74, 6) is -0.846. The van der Waals surface area contributed by atoms with E-state index >= 15 is 0 Å². The lowest BCUT2D eigenvalue weighted by Crippen LogP contribution is -2.23. The van der Waals surface area contributed by atoms with Crippen LogP contribution in [0.4, 0.5) is 5.69 Å². The second kappa shape index (κ2) is 9.05. The molecule has 8 heteroatoms. The van der Waals surface area contributed by atoms with Gasteiger partial charge in [-0.3, -0.25) is 9.59 Å². The minimum absolute atomic E-state index is 0.167. The molecule has 27 heavy (non-hydrogen) atoms. The Bertz CT molecular complexity index is 867. The summed E-state index contributed by atoms with van der Waals surface area (Å²) in [6, 6.07) is 11.0. The van der Waals surface area contributed by atoms with E-state index in [0.29, 0.717) is 11.3 Å². The molecular weight excluding hydrogens is 372 g/mol. The fraction of sp³-hybridized carbons (Fsp3) is 0.211. The fourth-order valence-corrected chi connectivity index (χ4v) is 2.43. The van der Waals surface area contributed by atoms with Gasteiger partial charge in [-0.15, -0.1) is 0 Å². The molecule has 0 unspecified atom stereocenters. The van der Waals surface area contributed by atoms with E-state index in [9.17, 15) is 14.4 Å². The molecule has 0 aliphatic rings. The van der Waals surface area contributed by atoms with Crippen LogP contribution in [0.2, 0.25) is 5.02 Å². The number of nitrogens with zero attached hydrogens (tertiary/aromatic N) is 1. The maximum absolute atomic E-state index is 12.1. The third kappa shape index (κ3) is 5.46. The van der Waals surface area contributed by atoms with E-state index < -0.39 is 11.9 Å². The molecule has 0 aromatic heterocycles. The lowest BCUT2D eigenvalue weighted by atomic mass is 10.2. The molecule has 0 aliphatic heterocycles. The van der Waals surface area contributed by atoms with Crippen molar-refractivity contribution in [1.82, 2.24) is 4.90 Å². The van der Waals surface area contributed by atoms with Gasteiger partial charge < -0.3 is 19.7 Å². The van der Waals surface area contributed by atoms with Crippen LogP contribution in [0, 0.1) is 0 Å². The van der Waals surface area contributed by atoms with Crippen molar-refractivity contribution in [3.63, 3.8) is 0 Å². The van der Waals surface area contributed by atoms with Crippen LogP contribution >= 0.6 is 11.6 Å². The lowest BCUT2D eigenvalue weighted by molar-refractivity contribution is -0.118. The smallest absolute Gasteiger partial charge is 0.337 e. The number of hydrogen-bond acceptors (Lipinski definition) is 5. The van der Waals surface area contributed by atoms with E-state index in [4.69, 9.17) is 16.3 Å². The van der Waals surface area contributed by atoms with E-state index in [1.54, 1.807) is 38.4 Å². The van der Waals surface area contributed by atoms with Gasteiger partial charge in [0.1, 0.15) is 5.75 Å². The maximum atomic E-state index is 12.1. The van der Waals surface area contributed by atoms with Crippen molar-refractivity contribution in [2.24, 2.45) is 0 Å². The molecule has 1 N–H and O–H groups in total. The van der Waals surface area contributed by atoms with Gasteiger partial charge in [0.15, 0.2) is 6.61 Å². The van der Waals surface area contributed by atoms with Crippen LogP contribution in [0.25, 0.3) is 0 Å². The summed E-state index contributed by atoms with van der Waals surface area (Å²) in [4.78, 5) is 37.0. The summed E-state index contributed by atoms with van der Waals surface area (Å²) in [7, 11) is 4.57. The van der Waals surface area contributed by atoms with Crippen LogP contribution in [0.3, 0.4) is 0 Å². The van der Waals surface area contributed by atoms with Crippen molar-refractivity contribution < 1.29 is 23.9 Å². The van der Waals surface area contributed by atoms with Crippen LogP contribution < -0.4 is 10.1 Å². The Labute approximate surface area is 161 Å². The minimum atomic E-state index is -0.520. The molecule has 0 spiro atoms. The highest BCUT2D eigenvalue weighted by Gasteiger charge is 2.12. The molecule has 0 saturated carbocycles. The molecule has 0 radical (unpaired) electrons. The predicted octanol–water partition coefficient (Wildman–Crippen LogP) is 2.85. The van der Waals surface area contributed by atoms with Gasteiger partial charge in [-0.25, -0.2) is 4.79 Å². The first-order chi connectivity index (χ1) is 12.8. The maximum Gasteiger partial charge on any atom is 0.337 e. The van der Waals surface area contributed by atoms with Gasteiger partial charge in [-0.1, -0.05) is 17.7 Å². The van der Waals surface area contributed by atoms with Gasteiger partial charge in [0.25, 0.3) is 11.8 Å². The largest absolute Gasteiger partial charge is 0.482 e. The van der Waals surface area contributed by atoms with Crippen molar-refractivity contribution in [2.45, 2.75) is 0 Å². The number of anilines is 1. The summed E-state index contributed by atoms with van der Waals surface area (Å²) in [5.41, 5.74) is 1.21. The molecular formula is C19H19ClN2O5. The Morgan fingerprint density at radius 3 is 2.44 bits per heavy atom. The van der Waals surface area contributed by atoms with Crippen molar-refractivity contribution in [2.75, 3.05) is 33.1 Å². The highest BCUT2D eigenvalue weighted by Crippen LogP contribution is 2.25. The average Bonchev–Trinajstić information content (AvgIpc) is 2.65. The number of amides is 2. The quantitative estimate of drug-likeness (QED) is 0.766. The van der Waals surface area contributed by atoms with Crippen molar-refractivity contribution in [3.05, 3.63) is 58.6 Å². The van der Waals surface area contributed by atoms with E-state index in [-0.39, 0.29) is 28.8 Å². The molecule has 2 rings (SSSR count). The van der Waals surface area contributed by atoms with Gasteiger partial charge in [0.2, 0.25) is 0 Å². The van der Waals surface area contributed by atoms with Crippen molar-refractivity contribution in [3.8, 4) is 5.75 Å². The molecule has 0 fully saturated rings. The molecule has 0 heterocycles. The Morgan fingerprint density at radius 2 is 1.81 bits per heavy atom. The summed E-state index contributed by atoms with van der Waals surface area (Å²) in [6.45, 7) is -0.289. The molecule has 0 bridgehead atoms. The monoisotopic (exact) mass is 390 g/mol. The molecule has 2 amide bonds. The number of esters is 1. The van der Waals surface area contributed by atoms with Gasteiger partial charge in [0, 0.05) is 25.3 Å². The number of halogens is 1. The number of ether oxygens (including phenoxy) is 2. The summed E-state index contributed by atoms with van der Waals surface area (Å²) >= 11 is 6.05. The summed E-state index contributed by atoms with van der Waals surface area (Å²) in [6.07, 6.45) is 0. The molecule has 0 saturated heterocycles. The lowest BCUT2D eigenvalue weighted by Gasteiger charge is -2.12. The van der Waals surface area contributed by atoms with Crippen LogP contribution in [-0.2, 0) is 9.53 Å². The normalized spacial score (nSPS) is 10.1. The Balaban J connectivity index is 1.98. The number of hydrogen-bond donors (Lipinski definition) is 1. The molecule has 142 valence electrons. The van der Waals surface area contributed by atoms with E-state index in [1.165, 1.54) is 30.2 Å². The Hall–Kier alpha value is -3.06. The number of rotatable bonds is 6. The first kappa shape index (κ1) is 20.3. The number of methoxy groups -OCH3 is 1. The highest BCUT2D eigenvalue weighted by atomic mass is 35.5. The molecule has 0 atom stereocenters. The SMILES string of the molecule is COC(=O)c1ccc(OCC(=O)Nc2cccc(C(=O)N(C)C)c2)c(Cl)c1. The third-order valence-corrected chi connectivity index (χ3v) is 3.81. The van der Waals surface area contributed by atoms with Crippen LogP contribution in [0.5, 0.6) is 5.75 Å². The second-order valence-corrected chi connectivity index (χ2v) is 6.16. The van der Waals surface area contributed by atoms with Crippen molar-refractivity contribution >= 4 is 35.1 Å². The zero-order chi connectivity index (χ0) is 20.0. The minimum Gasteiger partial charge on any atom is -0.482 e. The Morgan fingerprint density at radius 1 is 1.07 bits per heavy atom. The average molecular weight is 391 g/mol. The van der Waals surface area contributed by atoms with Gasteiger partial charge in [0.05, 0.1) is 17.7 Å². The Kier molecular flexibility index (Phi) is 6.79. The topological polar surface area (TPSA) is 84.9 Å². The van der Waals surface area contributed by atoms with Crippen LogP contribution in [-0.4, -0.2) is 50.5 Å². The first-order valence-corrected chi connectivity index (χ1v) is 8.32. The molecule has 7 nitrogen and oxygen atoms in total. The zero-order valence-corrected chi connectivity index (χ0v) is 15.9. The van der Waals surface area contributed by atoms with Crippen LogP contribution in [0.15, 0.2) is 42.5 Å².